The van der Waals surface area contributed by atoms with Gasteiger partial charge in [0, 0.05) is 19.2 Å². The minimum Gasteiger partial charge on any atom is -0.329 e. The Bertz CT molecular complexity index is 507. The Kier molecular flexibility index (Phi) is 3.88. The molecule has 0 spiro atoms. The first-order valence-electron chi connectivity index (χ1n) is 4.61. The predicted molar refractivity (Wildman–Crippen MR) is 64.5 cm³/mol. The summed E-state index contributed by atoms with van der Waals surface area (Å²) in [6.45, 7) is 1.05. The number of hydrogen-bond acceptors (Lipinski definition) is 2. The van der Waals surface area contributed by atoms with E-state index in [1.54, 1.807) is 10.6 Å². The van der Waals surface area contributed by atoms with E-state index in [4.69, 9.17) is 5.73 Å². The average molecular weight is 225 g/mol. The van der Waals surface area contributed by atoms with E-state index in [0.29, 0.717) is 13.1 Å². The Morgan fingerprint density at radius 2 is 1.87 bits per heavy atom. The molecule has 0 unspecified atom stereocenters. The van der Waals surface area contributed by atoms with Crippen LogP contribution in [0.2, 0.25) is 0 Å². The van der Waals surface area contributed by atoms with Gasteiger partial charge in [0.05, 0.1) is 5.52 Å². The van der Waals surface area contributed by atoms with Gasteiger partial charge in [-0.05, 0) is 17.5 Å². The molecule has 4 heteroatoms. The summed E-state index contributed by atoms with van der Waals surface area (Å²) in [5, 5.41) is 1.07. The van der Waals surface area contributed by atoms with Crippen LogP contribution in [0.1, 0.15) is 0 Å². The van der Waals surface area contributed by atoms with E-state index >= 15 is 0 Å². The molecule has 1 aromatic heterocycles. The molecule has 0 aliphatic heterocycles. The van der Waals surface area contributed by atoms with Gasteiger partial charge in [0.25, 0.3) is 5.56 Å². The number of halogens is 1. The van der Waals surface area contributed by atoms with Crippen LogP contribution in [0.15, 0.2) is 41.2 Å². The number of nitrogens with two attached hydrogens (primary N) is 1. The molecule has 1 heterocycles. The second-order valence-corrected chi connectivity index (χ2v) is 3.17. The molecule has 0 saturated heterocycles. The Labute approximate surface area is 93.9 Å². The number of hydrogen-bond donors (Lipinski definition) is 1. The molecule has 0 aliphatic rings. The molecule has 0 radical (unpaired) electrons. The number of rotatable bonds is 2. The highest BCUT2D eigenvalue weighted by Gasteiger charge is 1.99. The molecule has 15 heavy (non-hydrogen) atoms. The molecule has 2 N–H and O–H groups in total. The smallest absolute Gasteiger partial charge is 0.251 e. The van der Waals surface area contributed by atoms with Gasteiger partial charge < -0.3 is 10.3 Å². The molecule has 0 aliphatic carbocycles. The van der Waals surface area contributed by atoms with E-state index in [1.807, 2.05) is 30.3 Å². The van der Waals surface area contributed by atoms with Crippen LogP contribution in [0.25, 0.3) is 10.9 Å². The lowest BCUT2D eigenvalue weighted by atomic mass is 10.2. The van der Waals surface area contributed by atoms with Crippen molar-refractivity contribution >= 4 is 23.3 Å². The molecular weight excluding hydrogens is 212 g/mol. The summed E-state index contributed by atoms with van der Waals surface area (Å²) in [6, 6.07) is 11.2. The number of pyridine rings is 1. The largest absolute Gasteiger partial charge is 0.329 e. The number of para-hydroxylation sites is 1. The highest BCUT2D eigenvalue weighted by Crippen LogP contribution is 2.10. The maximum atomic E-state index is 11.5. The third-order valence-electron chi connectivity index (χ3n) is 2.25. The number of nitrogens with zero attached hydrogens (tertiary/aromatic N) is 1. The fraction of sp³-hybridized carbons (Fsp3) is 0.182. The van der Waals surface area contributed by atoms with Crippen molar-refractivity contribution in [1.82, 2.24) is 4.57 Å². The van der Waals surface area contributed by atoms with Gasteiger partial charge >= 0.3 is 0 Å². The van der Waals surface area contributed by atoms with Crippen LogP contribution in [0.4, 0.5) is 0 Å². The molecule has 3 nitrogen and oxygen atoms in total. The lowest BCUT2D eigenvalue weighted by Gasteiger charge is -2.07. The van der Waals surface area contributed by atoms with Gasteiger partial charge in [-0.1, -0.05) is 18.2 Å². The standard InChI is InChI=1S/C11H12N2O.ClH/c12-7-8-13-10-4-2-1-3-9(10)5-6-11(13)14;/h1-6H,7-8,12H2;1H. The van der Waals surface area contributed by atoms with Gasteiger partial charge in [-0.25, -0.2) is 0 Å². The molecule has 1 aromatic carbocycles. The number of benzene rings is 1. The Morgan fingerprint density at radius 3 is 2.60 bits per heavy atom. The van der Waals surface area contributed by atoms with Crippen LogP contribution in [0, 0.1) is 0 Å². The van der Waals surface area contributed by atoms with Crippen LogP contribution in [-0.4, -0.2) is 11.1 Å². The third kappa shape index (κ3) is 2.19. The summed E-state index contributed by atoms with van der Waals surface area (Å²) >= 11 is 0. The zero-order valence-electron chi connectivity index (χ0n) is 8.22. The lowest BCUT2D eigenvalue weighted by molar-refractivity contribution is 0.707. The minimum atomic E-state index is 0. The molecule has 0 fully saturated rings. The van der Waals surface area contributed by atoms with Gasteiger partial charge in [-0.2, -0.15) is 0 Å². The topological polar surface area (TPSA) is 48.0 Å². The summed E-state index contributed by atoms with van der Waals surface area (Å²) in [5.74, 6) is 0. The van der Waals surface area contributed by atoms with Crippen molar-refractivity contribution in [3.8, 4) is 0 Å². The van der Waals surface area contributed by atoms with Gasteiger partial charge in [-0.3, -0.25) is 4.79 Å². The van der Waals surface area contributed by atoms with E-state index in [1.165, 1.54) is 0 Å². The van der Waals surface area contributed by atoms with Crippen LogP contribution in [-0.2, 0) is 6.54 Å². The summed E-state index contributed by atoms with van der Waals surface area (Å²) in [4.78, 5) is 11.5. The summed E-state index contributed by atoms with van der Waals surface area (Å²) in [5.41, 5.74) is 6.42. The SMILES string of the molecule is Cl.NCCn1c(=O)ccc2ccccc21. The van der Waals surface area contributed by atoms with E-state index in [9.17, 15) is 4.79 Å². The first-order chi connectivity index (χ1) is 6.83. The van der Waals surface area contributed by atoms with Crippen molar-refractivity contribution in [2.75, 3.05) is 6.54 Å². The van der Waals surface area contributed by atoms with Crippen LogP contribution in [0.3, 0.4) is 0 Å². The zero-order chi connectivity index (χ0) is 9.97. The number of aromatic nitrogens is 1. The highest BCUT2D eigenvalue weighted by atomic mass is 35.5. The normalized spacial score (nSPS) is 9.93. The number of fused-ring (bicyclic) bond motifs is 1. The second kappa shape index (κ2) is 4.96. The van der Waals surface area contributed by atoms with Gasteiger partial charge in [0.1, 0.15) is 0 Å². The fourth-order valence-electron chi connectivity index (χ4n) is 1.60. The highest BCUT2D eigenvalue weighted by molar-refractivity contribution is 5.85. The summed E-state index contributed by atoms with van der Waals surface area (Å²) in [7, 11) is 0. The van der Waals surface area contributed by atoms with E-state index < -0.39 is 0 Å². The first kappa shape index (κ1) is 11.8. The minimum absolute atomic E-state index is 0. The maximum absolute atomic E-state index is 11.5. The first-order valence-corrected chi connectivity index (χ1v) is 4.61. The Hall–Kier alpha value is -1.32. The quantitative estimate of drug-likeness (QED) is 0.838. The molecule has 0 atom stereocenters. The van der Waals surface area contributed by atoms with E-state index in [-0.39, 0.29) is 18.0 Å². The van der Waals surface area contributed by atoms with Crippen molar-refractivity contribution in [3.63, 3.8) is 0 Å². The summed E-state index contributed by atoms with van der Waals surface area (Å²) in [6.07, 6.45) is 0. The Morgan fingerprint density at radius 1 is 1.13 bits per heavy atom. The van der Waals surface area contributed by atoms with Crippen molar-refractivity contribution in [2.24, 2.45) is 5.73 Å². The van der Waals surface area contributed by atoms with Crippen LogP contribution < -0.4 is 11.3 Å². The van der Waals surface area contributed by atoms with Crippen LogP contribution in [0.5, 0.6) is 0 Å². The van der Waals surface area contributed by atoms with Crippen molar-refractivity contribution in [3.05, 3.63) is 46.8 Å². The fourth-order valence-corrected chi connectivity index (χ4v) is 1.60. The zero-order valence-corrected chi connectivity index (χ0v) is 9.04. The van der Waals surface area contributed by atoms with Crippen molar-refractivity contribution in [2.45, 2.75) is 6.54 Å². The lowest BCUT2D eigenvalue weighted by Crippen LogP contribution is -2.23. The monoisotopic (exact) mass is 224 g/mol. The molecule has 0 bridgehead atoms. The van der Waals surface area contributed by atoms with Gasteiger partial charge in [0.2, 0.25) is 0 Å². The predicted octanol–water partition coefficient (Wildman–Crippen LogP) is 1.38. The summed E-state index contributed by atoms with van der Waals surface area (Å²) < 4.78 is 1.70. The molecule has 0 saturated carbocycles. The molecule has 80 valence electrons. The van der Waals surface area contributed by atoms with Crippen molar-refractivity contribution < 1.29 is 0 Å². The molecule has 0 amide bonds. The van der Waals surface area contributed by atoms with E-state index in [2.05, 4.69) is 0 Å². The Balaban J connectivity index is 0.00000112. The van der Waals surface area contributed by atoms with Gasteiger partial charge in [-0.15, -0.1) is 12.4 Å². The maximum Gasteiger partial charge on any atom is 0.251 e. The third-order valence-corrected chi connectivity index (χ3v) is 2.25. The molecular formula is C11H13ClN2O. The average Bonchev–Trinajstić information content (AvgIpc) is 2.23. The van der Waals surface area contributed by atoms with Crippen LogP contribution >= 0.6 is 12.4 Å². The molecule has 2 aromatic rings. The van der Waals surface area contributed by atoms with Gasteiger partial charge in [0.15, 0.2) is 0 Å². The second-order valence-electron chi connectivity index (χ2n) is 3.17. The van der Waals surface area contributed by atoms with E-state index in [0.717, 1.165) is 10.9 Å². The molecule has 2 rings (SSSR count). The van der Waals surface area contributed by atoms with Crippen molar-refractivity contribution in [1.29, 1.82) is 0 Å².